The van der Waals surface area contributed by atoms with Gasteiger partial charge in [0.05, 0.1) is 25.3 Å². The average molecular weight is 394 g/mol. The highest BCUT2D eigenvalue weighted by Crippen LogP contribution is 2.29. The summed E-state index contributed by atoms with van der Waals surface area (Å²) in [5.74, 6) is 1.28. The number of methoxy groups -OCH3 is 1. The van der Waals surface area contributed by atoms with E-state index >= 15 is 0 Å². The molecule has 0 aliphatic heterocycles. The molecule has 0 atom stereocenters. The summed E-state index contributed by atoms with van der Waals surface area (Å²) in [6.45, 7) is 0.765. The number of furan rings is 1. The Kier molecular flexibility index (Phi) is 7.72. The quantitative estimate of drug-likeness (QED) is 0.592. The Morgan fingerprint density at radius 3 is 2.63 bits per heavy atom. The molecular formula is C19H26N2O5S. The van der Waals surface area contributed by atoms with Crippen LogP contribution in [0.15, 0.2) is 47.1 Å². The summed E-state index contributed by atoms with van der Waals surface area (Å²) in [6.07, 6.45) is 4.99. The third kappa shape index (κ3) is 6.63. The normalized spacial score (nSPS) is 11.2. The van der Waals surface area contributed by atoms with Crippen LogP contribution in [0.25, 0.3) is 0 Å². The van der Waals surface area contributed by atoms with Gasteiger partial charge in [-0.15, -0.1) is 0 Å². The predicted octanol–water partition coefficient (Wildman–Crippen LogP) is 2.58. The van der Waals surface area contributed by atoms with E-state index < -0.39 is 10.0 Å². The van der Waals surface area contributed by atoms with Gasteiger partial charge in [0.1, 0.15) is 11.5 Å². The number of benzene rings is 1. The zero-order valence-corrected chi connectivity index (χ0v) is 16.5. The number of amides is 1. The number of nitrogens with one attached hydrogen (secondary N) is 1. The molecule has 0 bridgehead atoms. The lowest BCUT2D eigenvalue weighted by Gasteiger charge is -2.24. The molecule has 0 radical (unpaired) electrons. The van der Waals surface area contributed by atoms with E-state index in [1.807, 2.05) is 12.1 Å². The smallest absolute Gasteiger partial charge is 0.232 e. The van der Waals surface area contributed by atoms with Gasteiger partial charge in [0.2, 0.25) is 15.9 Å². The molecule has 0 aliphatic rings. The van der Waals surface area contributed by atoms with Gasteiger partial charge in [0.25, 0.3) is 0 Å². The monoisotopic (exact) mass is 394 g/mol. The second-order valence-electron chi connectivity index (χ2n) is 6.14. The first-order chi connectivity index (χ1) is 12.9. The van der Waals surface area contributed by atoms with Gasteiger partial charge in [0, 0.05) is 25.9 Å². The molecule has 1 heterocycles. The summed E-state index contributed by atoms with van der Waals surface area (Å²) >= 11 is 0. The lowest BCUT2D eigenvalue weighted by molar-refractivity contribution is -0.121. The van der Waals surface area contributed by atoms with Crippen LogP contribution in [-0.2, 0) is 21.2 Å². The van der Waals surface area contributed by atoms with Crippen LogP contribution in [0.3, 0.4) is 0 Å². The maximum atomic E-state index is 12.2. The topological polar surface area (TPSA) is 88.8 Å². The van der Waals surface area contributed by atoms with Gasteiger partial charge in [-0.2, -0.15) is 0 Å². The molecule has 2 aromatic rings. The van der Waals surface area contributed by atoms with Crippen LogP contribution in [0.5, 0.6) is 5.75 Å². The molecule has 1 amide bonds. The van der Waals surface area contributed by atoms with Crippen molar-refractivity contribution in [2.24, 2.45) is 0 Å². The maximum absolute atomic E-state index is 12.2. The third-order valence-electron chi connectivity index (χ3n) is 4.02. The van der Waals surface area contributed by atoms with Crippen LogP contribution in [0.1, 0.15) is 25.0 Å². The van der Waals surface area contributed by atoms with Crippen molar-refractivity contribution in [3.05, 3.63) is 48.4 Å². The molecule has 0 spiro atoms. The van der Waals surface area contributed by atoms with E-state index in [4.69, 9.17) is 9.15 Å². The molecule has 7 nitrogen and oxygen atoms in total. The van der Waals surface area contributed by atoms with Gasteiger partial charge in [-0.1, -0.05) is 12.1 Å². The maximum Gasteiger partial charge on any atom is 0.232 e. The summed E-state index contributed by atoms with van der Waals surface area (Å²) in [7, 11) is -1.99. The zero-order chi connectivity index (χ0) is 19.7. The first kappa shape index (κ1) is 20.8. The van der Waals surface area contributed by atoms with Crippen LogP contribution in [0.4, 0.5) is 5.69 Å². The minimum atomic E-state index is -3.48. The van der Waals surface area contributed by atoms with E-state index in [0.29, 0.717) is 24.4 Å². The Bertz CT molecular complexity index is 818. The molecule has 0 aliphatic carbocycles. The average Bonchev–Trinajstić information content (AvgIpc) is 3.15. The second-order valence-corrected chi connectivity index (χ2v) is 8.05. The summed E-state index contributed by atoms with van der Waals surface area (Å²) in [6, 6.07) is 10.7. The van der Waals surface area contributed by atoms with Crippen LogP contribution < -0.4 is 14.4 Å². The fourth-order valence-electron chi connectivity index (χ4n) is 2.72. The number of nitrogens with zero attached hydrogens (tertiary/aromatic N) is 1. The lowest BCUT2D eigenvalue weighted by Crippen LogP contribution is -2.32. The molecule has 148 valence electrons. The second kappa shape index (κ2) is 10.0. The van der Waals surface area contributed by atoms with Gasteiger partial charge in [0.15, 0.2) is 0 Å². The van der Waals surface area contributed by atoms with E-state index in [1.165, 1.54) is 11.4 Å². The molecule has 1 aromatic heterocycles. The molecular weight excluding hydrogens is 368 g/mol. The highest BCUT2D eigenvalue weighted by molar-refractivity contribution is 7.92. The fourth-order valence-corrected chi connectivity index (χ4v) is 3.69. The number of para-hydroxylation sites is 2. The summed E-state index contributed by atoms with van der Waals surface area (Å²) in [5, 5.41) is 2.85. The standard InChI is InChI=1S/C19H26N2O5S/c1-25-18-11-4-3-10-17(18)21(27(2,23)24)14-6-12-19(22)20-13-5-8-16-9-7-15-26-16/h3-4,7,9-11,15H,5-6,8,12-14H2,1-2H3,(H,20,22). The Morgan fingerprint density at radius 1 is 1.19 bits per heavy atom. The molecule has 0 fully saturated rings. The summed E-state index contributed by atoms with van der Waals surface area (Å²) in [4.78, 5) is 12.0. The van der Waals surface area contributed by atoms with E-state index in [0.717, 1.165) is 24.9 Å². The molecule has 27 heavy (non-hydrogen) atoms. The Balaban J connectivity index is 1.80. The molecule has 0 unspecified atom stereocenters. The highest BCUT2D eigenvalue weighted by Gasteiger charge is 2.20. The highest BCUT2D eigenvalue weighted by atomic mass is 32.2. The van der Waals surface area contributed by atoms with Gasteiger partial charge in [-0.25, -0.2) is 8.42 Å². The zero-order valence-electron chi connectivity index (χ0n) is 15.7. The Morgan fingerprint density at radius 2 is 1.96 bits per heavy atom. The van der Waals surface area contributed by atoms with Crippen LogP contribution >= 0.6 is 0 Å². The summed E-state index contributed by atoms with van der Waals surface area (Å²) in [5.41, 5.74) is 0.473. The van der Waals surface area contributed by atoms with Gasteiger partial charge < -0.3 is 14.5 Å². The molecule has 0 saturated carbocycles. The number of carbonyl (C=O) groups is 1. The van der Waals surface area contributed by atoms with Crippen molar-refractivity contribution in [3.63, 3.8) is 0 Å². The number of hydrogen-bond donors (Lipinski definition) is 1. The van der Waals surface area contributed by atoms with Gasteiger partial charge >= 0.3 is 0 Å². The number of hydrogen-bond acceptors (Lipinski definition) is 5. The first-order valence-corrected chi connectivity index (χ1v) is 10.7. The lowest BCUT2D eigenvalue weighted by atomic mass is 10.2. The first-order valence-electron chi connectivity index (χ1n) is 8.81. The molecule has 1 aromatic carbocycles. The van der Waals surface area contributed by atoms with Crippen LogP contribution in [0.2, 0.25) is 0 Å². The predicted molar refractivity (Wildman–Crippen MR) is 104 cm³/mol. The largest absolute Gasteiger partial charge is 0.495 e. The number of rotatable bonds is 11. The van der Waals surface area contributed by atoms with E-state index in [2.05, 4.69) is 5.32 Å². The molecule has 8 heteroatoms. The van der Waals surface area contributed by atoms with Crippen molar-refractivity contribution in [3.8, 4) is 5.75 Å². The van der Waals surface area contributed by atoms with Crippen molar-refractivity contribution < 1.29 is 22.4 Å². The summed E-state index contributed by atoms with van der Waals surface area (Å²) < 4.78 is 36.1. The Hall–Kier alpha value is -2.48. The number of carbonyl (C=O) groups excluding carboxylic acids is 1. The molecule has 2 rings (SSSR count). The van der Waals surface area contributed by atoms with Crippen molar-refractivity contribution in [2.75, 3.05) is 30.8 Å². The molecule has 0 saturated heterocycles. The van der Waals surface area contributed by atoms with E-state index in [1.54, 1.807) is 30.5 Å². The van der Waals surface area contributed by atoms with Crippen molar-refractivity contribution >= 4 is 21.6 Å². The van der Waals surface area contributed by atoms with Crippen molar-refractivity contribution in [2.45, 2.75) is 25.7 Å². The number of aryl methyl sites for hydroxylation is 1. The number of ether oxygens (including phenoxy) is 1. The van der Waals surface area contributed by atoms with Gasteiger partial charge in [-0.3, -0.25) is 9.10 Å². The third-order valence-corrected chi connectivity index (χ3v) is 5.20. The fraction of sp³-hybridized carbons (Fsp3) is 0.421. The Labute approximate surface area is 160 Å². The minimum Gasteiger partial charge on any atom is -0.495 e. The van der Waals surface area contributed by atoms with Crippen molar-refractivity contribution in [1.29, 1.82) is 0 Å². The number of sulfonamides is 1. The van der Waals surface area contributed by atoms with Crippen LogP contribution in [0, 0.1) is 0 Å². The molecule has 1 N–H and O–H groups in total. The van der Waals surface area contributed by atoms with E-state index in [9.17, 15) is 13.2 Å². The van der Waals surface area contributed by atoms with Crippen molar-refractivity contribution in [1.82, 2.24) is 5.32 Å². The van der Waals surface area contributed by atoms with Crippen LogP contribution in [-0.4, -0.2) is 40.8 Å². The number of anilines is 1. The van der Waals surface area contributed by atoms with Gasteiger partial charge in [-0.05, 0) is 37.1 Å². The SMILES string of the molecule is COc1ccccc1N(CCCC(=O)NCCCc1ccco1)S(C)(=O)=O. The van der Waals surface area contributed by atoms with E-state index in [-0.39, 0.29) is 18.9 Å². The minimum absolute atomic E-state index is 0.0945.